The number of benzene rings is 4. The molecule has 0 fully saturated rings. The molecule has 2 aliphatic rings. The molecule has 2 heterocycles. The molecule has 0 spiro atoms. The minimum absolute atomic E-state index is 0.0609. The summed E-state index contributed by atoms with van der Waals surface area (Å²) < 4.78 is 0. The normalized spacial score (nSPS) is 15.7. The van der Waals surface area contributed by atoms with Gasteiger partial charge in [0.2, 0.25) is 6.71 Å². The summed E-state index contributed by atoms with van der Waals surface area (Å²) in [5.74, 6) is 0.200. The van der Waals surface area contributed by atoms with Crippen LogP contribution in [0.5, 0.6) is 0 Å². The van der Waals surface area contributed by atoms with E-state index in [2.05, 4.69) is 98.6 Å². The lowest BCUT2D eigenvalue weighted by atomic mass is 9.28. The van der Waals surface area contributed by atoms with Crippen LogP contribution in [0, 0.1) is 0 Å². The third kappa shape index (κ3) is 3.22. The highest BCUT2D eigenvalue weighted by atomic mass is 16.1. The van der Waals surface area contributed by atoms with Gasteiger partial charge < -0.3 is 4.79 Å². The summed E-state index contributed by atoms with van der Waals surface area (Å²) in [6.07, 6.45) is 0.898. The van der Waals surface area contributed by atoms with Gasteiger partial charge in [0.15, 0.2) is 0 Å². The zero-order valence-corrected chi connectivity index (χ0v) is 20.1. The summed E-state index contributed by atoms with van der Waals surface area (Å²) in [4.78, 5) is 13.2. The van der Waals surface area contributed by atoms with Crippen LogP contribution in [0.1, 0.15) is 44.0 Å². The first-order valence-corrected chi connectivity index (χ1v) is 12.3. The minimum atomic E-state index is -0.196. The molecule has 3 heteroatoms. The van der Waals surface area contributed by atoms with Crippen molar-refractivity contribution in [3.05, 3.63) is 138 Å². The molecule has 0 amide bonds. The van der Waals surface area contributed by atoms with Gasteiger partial charge in [-0.2, -0.15) is 0 Å². The standard InChI is InChI=1S/C32H26B2O/c1-20-25-15-16-26-21(2)34(22(3)27-17-18-28(31(25)30(26)27)32(35)33(20)4)29(24-13-9-6-10-14-24)19-23-11-7-5-8-12-23/h5-18,29H,1-3,19H2,4H3. The molecule has 0 N–H and O–H groups in total. The van der Waals surface area contributed by atoms with Crippen LogP contribution in [0.4, 0.5) is 0 Å². The van der Waals surface area contributed by atoms with Crippen LogP contribution in [0.2, 0.25) is 6.82 Å². The zero-order valence-electron chi connectivity index (χ0n) is 20.1. The molecule has 35 heavy (non-hydrogen) atoms. The van der Waals surface area contributed by atoms with Crippen LogP contribution < -0.4 is 0 Å². The summed E-state index contributed by atoms with van der Waals surface area (Å²) in [5, 5.41) is 2.13. The van der Waals surface area contributed by atoms with Crippen LogP contribution in [0.15, 0.2) is 105 Å². The molecule has 0 aliphatic carbocycles. The predicted molar refractivity (Wildman–Crippen MR) is 152 cm³/mol. The van der Waals surface area contributed by atoms with Gasteiger partial charge in [-0.15, -0.1) is 19.7 Å². The van der Waals surface area contributed by atoms with Gasteiger partial charge in [-0.1, -0.05) is 114 Å². The zero-order chi connectivity index (χ0) is 24.3. The van der Waals surface area contributed by atoms with Gasteiger partial charge in [-0.25, -0.2) is 0 Å². The molecular weight excluding hydrogens is 422 g/mol. The summed E-state index contributed by atoms with van der Waals surface area (Å²) >= 11 is 0. The maximum Gasteiger partial charge on any atom is 0.259 e. The maximum atomic E-state index is 13.2. The number of carbonyl (C=O) groups excluding carboxylic acids is 1. The van der Waals surface area contributed by atoms with E-state index in [1.165, 1.54) is 11.1 Å². The highest BCUT2D eigenvalue weighted by molar-refractivity contribution is 7.05. The van der Waals surface area contributed by atoms with Crippen molar-refractivity contribution in [1.29, 1.82) is 0 Å². The quantitative estimate of drug-likeness (QED) is 0.297. The van der Waals surface area contributed by atoms with E-state index in [9.17, 15) is 4.79 Å². The van der Waals surface area contributed by atoms with Crippen molar-refractivity contribution in [2.24, 2.45) is 0 Å². The molecule has 0 saturated heterocycles. The summed E-state index contributed by atoms with van der Waals surface area (Å²) in [5.41, 5.74) is 9.92. The van der Waals surface area contributed by atoms with Crippen LogP contribution in [-0.2, 0) is 6.42 Å². The molecule has 0 aromatic heterocycles. The molecule has 0 saturated carbocycles. The van der Waals surface area contributed by atoms with E-state index in [1.807, 2.05) is 12.9 Å². The number of hydrogen-bond acceptors (Lipinski definition) is 1. The Morgan fingerprint density at radius 2 is 1.14 bits per heavy atom. The van der Waals surface area contributed by atoms with E-state index in [4.69, 9.17) is 0 Å². The Morgan fingerprint density at radius 1 is 0.657 bits per heavy atom. The molecule has 4 aromatic rings. The van der Waals surface area contributed by atoms with Crippen molar-refractivity contribution in [3.8, 4) is 0 Å². The highest BCUT2D eigenvalue weighted by Crippen LogP contribution is 2.48. The minimum Gasteiger partial charge on any atom is -0.305 e. The van der Waals surface area contributed by atoms with E-state index in [0.717, 1.165) is 55.9 Å². The third-order valence-corrected chi connectivity index (χ3v) is 8.06. The largest absolute Gasteiger partial charge is 0.305 e. The molecule has 0 bridgehead atoms. The molecular formula is C32H26B2O. The average molecular weight is 448 g/mol. The molecule has 166 valence electrons. The maximum absolute atomic E-state index is 13.2. The van der Waals surface area contributed by atoms with Crippen LogP contribution in [-0.4, -0.2) is 19.1 Å². The van der Waals surface area contributed by atoms with Crippen molar-refractivity contribution in [2.75, 3.05) is 0 Å². The molecule has 2 aliphatic heterocycles. The first-order valence-electron chi connectivity index (χ1n) is 12.3. The summed E-state index contributed by atoms with van der Waals surface area (Å²) in [6.45, 7) is 15.4. The summed E-state index contributed by atoms with van der Waals surface area (Å²) in [6, 6.07) is 29.8. The van der Waals surface area contributed by atoms with Gasteiger partial charge in [0.1, 0.15) is 5.68 Å². The fraction of sp³-hybridized carbons (Fsp3) is 0.0938. The smallest absolute Gasteiger partial charge is 0.259 e. The molecule has 4 aromatic carbocycles. The van der Waals surface area contributed by atoms with Crippen LogP contribution in [0.25, 0.3) is 27.2 Å². The molecule has 1 unspecified atom stereocenters. The van der Waals surface area contributed by atoms with Gasteiger partial charge >= 0.3 is 0 Å². The Labute approximate surface area is 208 Å². The third-order valence-electron chi connectivity index (χ3n) is 8.06. The lowest BCUT2D eigenvalue weighted by molar-refractivity contribution is 0.107. The Morgan fingerprint density at radius 3 is 1.74 bits per heavy atom. The monoisotopic (exact) mass is 448 g/mol. The Hall–Kier alpha value is -3.84. The van der Waals surface area contributed by atoms with Gasteiger partial charge in [-0.3, -0.25) is 0 Å². The fourth-order valence-corrected chi connectivity index (χ4v) is 6.16. The van der Waals surface area contributed by atoms with E-state index in [0.29, 0.717) is 0 Å². The molecule has 0 radical (unpaired) electrons. The van der Waals surface area contributed by atoms with E-state index in [-0.39, 0.29) is 24.9 Å². The molecule has 6 rings (SSSR count). The molecule has 1 nitrogen and oxygen atoms in total. The number of hydrogen-bond donors (Lipinski definition) is 0. The van der Waals surface area contributed by atoms with Crippen molar-refractivity contribution in [1.82, 2.24) is 0 Å². The second-order valence-electron chi connectivity index (χ2n) is 9.92. The number of rotatable bonds is 4. The first kappa shape index (κ1) is 21.7. The highest BCUT2D eigenvalue weighted by Gasteiger charge is 2.40. The van der Waals surface area contributed by atoms with Gasteiger partial charge in [0, 0.05) is 5.56 Å². The van der Waals surface area contributed by atoms with E-state index < -0.39 is 0 Å². The fourth-order valence-electron chi connectivity index (χ4n) is 6.16. The SMILES string of the molecule is C=C1B(C(Cc2ccccc2)c2ccccc2)C(=C)c2ccc3c4c(ccc1c24)C(=C)B(C)C3=O. The van der Waals surface area contributed by atoms with Crippen LogP contribution in [0.3, 0.4) is 0 Å². The lowest BCUT2D eigenvalue weighted by Crippen LogP contribution is -2.33. The average Bonchev–Trinajstić information content (AvgIpc) is 2.89. The van der Waals surface area contributed by atoms with Crippen molar-refractivity contribution in [3.63, 3.8) is 0 Å². The van der Waals surface area contributed by atoms with Crippen molar-refractivity contribution < 1.29 is 4.79 Å². The second kappa shape index (κ2) is 8.13. The van der Waals surface area contributed by atoms with Crippen molar-refractivity contribution in [2.45, 2.75) is 19.1 Å². The van der Waals surface area contributed by atoms with E-state index >= 15 is 0 Å². The Kier molecular flexibility index (Phi) is 5.04. The van der Waals surface area contributed by atoms with Crippen LogP contribution >= 0.6 is 0 Å². The van der Waals surface area contributed by atoms with E-state index in [1.54, 1.807) is 0 Å². The number of carbonyl (C=O) groups is 1. The first-order chi connectivity index (χ1) is 17.0. The second-order valence-corrected chi connectivity index (χ2v) is 9.92. The predicted octanol–water partition coefficient (Wildman–Crippen LogP) is 7.43. The Bertz CT molecular complexity index is 1480. The molecule has 1 atom stereocenters. The summed E-state index contributed by atoms with van der Waals surface area (Å²) in [7, 11) is 0. The van der Waals surface area contributed by atoms with Gasteiger partial charge in [0.25, 0.3) is 6.71 Å². The van der Waals surface area contributed by atoms with Gasteiger partial charge in [-0.05, 0) is 45.3 Å². The topological polar surface area (TPSA) is 17.1 Å². The van der Waals surface area contributed by atoms with Crippen molar-refractivity contribution >= 4 is 46.3 Å². The van der Waals surface area contributed by atoms with Gasteiger partial charge in [0.05, 0.1) is 0 Å². The Balaban J connectivity index is 1.54. The lowest BCUT2D eigenvalue weighted by Gasteiger charge is -2.35.